The van der Waals surface area contributed by atoms with Crippen molar-refractivity contribution in [2.45, 2.75) is 24.9 Å². The SMILES string of the molecule is O=C(O)CC1CC(c2cc(F)ccc2F)NN1. The van der Waals surface area contributed by atoms with Crippen LogP contribution in [0, 0.1) is 11.6 Å². The Bertz CT molecular complexity index is 439. The number of hydrogen-bond acceptors (Lipinski definition) is 3. The molecule has 0 amide bonds. The van der Waals surface area contributed by atoms with E-state index in [0.29, 0.717) is 6.42 Å². The van der Waals surface area contributed by atoms with Crippen LogP contribution in [0.4, 0.5) is 8.78 Å². The van der Waals surface area contributed by atoms with E-state index in [1.165, 1.54) is 0 Å². The summed E-state index contributed by atoms with van der Waals surface area (Å²) in [5.41, 5.74) is 5.75. The predicted octanol–water partition coefficient (Wildman–Crippen LogP) is 1.35. The van der Waals surface area contributed by atoms with Crippen LogP contribution >= 0.6 is 0 Å². The van der Waals surface area contributed by atoms with Gasteiger partial charge < -0.3 is 5.11 Å². The molecule has 1 fully saturated rings. The number of nitrogens with one attached hydrogen (secondary N) is 2. The van der Waals surface area contributed by atoms with E-state index in [4.69, 9.17) is 5.11 Å². The Morgan fingerprint density at radius 2 is 2.18 bits per heavy atom. The number of carbonyl (C=O) groups is 1. The third-order valence-corrected chi connectivity index (χ3v) is 2.74. The molecule has 0 aliphatic carbocycles. The summed E-state index contributed by atoms with van der Waals surface area (Å²) >= 11 is 0. The van der Waals surface area contributed by atoms with Gasteiger partial charge in [0.1, 0.15) is 11.6 Å². The number of hydrogen-bond donors (Lipinski definition) is 3. The van der Waals surface area contributed by atoms with E-state index >= 15 is 0 Å². The molecule has 92 valence electrons. The van der Waals surface area contributed by atoms with Gasteiger partial charge in [-0.25, -0.2) is 14.2 Å². The van der Waals surface area contributed by atoms with E-state index < -0.39 is 23.6 Å². The van der Waals surface area contributed by atoms with Crippen molar-refractivity contribution in [2.75, 3.05) is 0 Å². The molecule has 2 rings (SSSR count). The van der Waals surface area contributed by atoms with E-state index in [0.717, 1.165) is 18.2 Å². The van der Waals surface area contributed by atoms with Gasteiger partial charge in [0.25, 0.3) is 0 Å². The topological polar surface area (TPSA) is 61.4 Å². The first-order chi connectivity index (χ1) is 8.06. The predicted molar refractivity (Wildman–Crippen MR) is 56.0 cm³/mol. The highest BCUT2D eigenvalue weighted by Crippen LogP contribution is 2.26. The van der Waals surface area contributed by atoms with Crippen LogP contribution in [-0.2, 0) is 4.79 Å². The van der Waals surface area contributed by atoms with Crippen LogP contribution in [0.2, 0.25) is 0 Å². The molecule has 6 heteroatoms. The van der Waals surface area contributed by atoms with Gasteiger partial charge in [-0.1, -0.05) is 0 Å². The highest BCUT2D eigenvalue weighted by Gasteiger charge is 2.28. The van der Waals surface area contributed by atoms with Crippen molar-refractivity contribution in [2.24, 2.45) is 0 Å². The van der Waals surface area contributed by atoms with Gasteiger partial charge in [0, 0.05) is 11.6 Å². The van der Waals surface area contributed by atoms with Crippen LogP contribution in [0.3, 0.4) is 0 Å². The largest absolute Gasteiger partial charge is 0.481 e. The zero-order chi connectivity index (χ0) is 12.4. The molecular weight excluding hydrogens is 230 g/mol. The Morgan fingerprint density at radius 1 is 1.41 bits per heavy atom. The highest BCUT2D eigenvalue weighted by molar-refractivity contribution is 5.67. The van der Waals surface area contributed by atoms with Crippen molar-refractivity contribution < 1.29 is 18.7 Å². The standard InChI is InChI=1S/C11H12F2N2O2/c12-6-1-2-9(13)8(3-6)10-4-7(14-15-10)5-11(16)17/h1-3,7,10,14-15H,4-5H2,(H,16,17). The Hall–Kier alpha value is -1.53. The molecule has 4 nitrogen and oxygen atoms in total. The number of rotatable bonds is 3. The first-order valence-corrected chi connectivity index (χ1v) is 5.24. The molecule has 0 radical (unpaired) electrons. The van der Waals surface area contributed by atoms with Crippen molar-refractivity contribution in [3.8, 4) is 0 Å². The van der Waals surface area contributed by atoms with E-state index in [-0.39, 0.29) is 18.0 Å². The van der Waals surface area contributed by atoms with Gasteiger partial charge in [-0.15, -0.1) is 0 Å². The van der Waals surface area contributed by atoms with Crippen molar-refractivity contribution in [3.05, 3.63) is 35.4 Å². The van der Waals surface area contributed by atoms with Crippen LogP contribution in [-0.4, -0.2) is 17.1 Å². The molecule has 0 saturated carbocycles. The summed E-state index contributed by atoms with van der Waals surface area (Å²) in [6.45, 7) is 0. The molecule has 1 aromatic carbocycles. The van der Waals surface area contributed by atoms with Gasteiger partial charge >= 0.3 is 5.97 Å². The van der Waals surface area contributed by atoms with Crippen molar-refractivity contribution in [3.63, 3.8) is 0 Å². The minimum Gasteiger partial charge on any atom is -0.481 e. The van der Waals surface area contributed by atoms with Crippen LogP contribution in [0.1, 0.15) is 24.4 Å². The maximum atomic E-state index is 13.5. The second-order valence-electron chi connectivity index (χ2n) is 4.04. The molecule has 2 unspecified atom stereocenters. The Labute approximate surface area is 96.6 Å². The van der Waals surface area contributed by atoms with Gasteiger partial charge in [-0.2, -0.15) is 0 Å². The minimum atomic E-state index is -0.926. The number of aliphatic carboxylic acids is 1. The van der Waals surface area contributed by atoms with Crippen LogP contribution in [0.25, 0.3) is 0 Å². The lowest BCUT2D eigenvalue weighted by molar-refractivity contribution is -0.137. The van der Waals surface area contributed by atoms with Crippen molar-refractivity contribution in [1.29, 1.82) is 0 Å². The Kier molecular flexibility index (Phi) is 3.35. The maximum absolute atomic E-state index is 13.5. The van der Waals surface area contributed by atoms with Crippen molar-refractivity contribution >= 4 is 5.97 Å². The lowest BCUT2D eigenvalue weighted by Crippen LogP contribution is -2.32. The number of carboxylic acid groups (broad SMARTS) is 1. The number of halogens is 2. The Balaban J connectivity index is 2.09. The Morgan fingerprint density at radius 3 is 2.88 bits per heavy atom. The average molecular weight is 242 g/mol. The summed E-state index contributed by atoms with van der Waals surface area (Å²) in [7, 11) is 0. The average Bonchev–Trinajstić information content (AvgIpc) is 2.69. The number of carboxylic acids is 1. The summed E-state index contributed by atoms with van der Waals surface area (Å²) in [6, 6.07) is 2.56. The summed E-state index contributed by atoms with van der Waals surface area (Å²) in [5.74, 6) is -1.93. The molecule has 0 aromatic heterocycles. The smallest absolute Gasteiger partial charge is 0.304 e. The molecule has 1 heterocycles. The molecular formula is C11H12F2N2O2. The monoisotopic (exact) mass is 242 g/mol. The molecule has 0 bridgehead atoms. The molecule has 3 N–H and O–H groups in total. The summed E-state index contributed by atoms with van der Waals surface area (Å²) in [5, 5.41) is 8.63. The van der Waals surface area contributed by atoms with Crippen LogP contribution in [0.15, 0.2) is 18.2 Å². The second-order valence-corrected chi connectivity index (χ2v) is 4.04. The van der Waals surface area contributed by atoms with Gasteiger partial charge in [0.2, 0.25) is 0 Å². The summed E-state index contributed by atoms with van der Waals surface area (Å²) in [4.78, 5) is 10.5. The summed E-state index contributed by atoms with van der Waals surface area (Å²) in [6.07, 6.45) is 0.354. The van der Waals surface area contributed by atoms with E-state index in [2.05, 4.69) is 10.9 Å². The fourth-order valence-corrected chi connectivity index (χ4v) is 1.95. The van der Waals surface area contributed by atoms with Gasteiger partial charge in [0.05, 0.1) is 12.5 Å². The molecule has 1 saturated heterocycles. The molecule has 2 atom stereocenters. The molecule has 0 spiro atoms. The van der Waals surface area contributed by atoms with Gasteiger partial charge in [-0.05, 0) is 24.6 Å². The third kappa shape index (κ3) is 2.78. The van der Waals surface area contributed by atoms with E-state index in [1.807, 2.05) is 0 Å². The quantitative estimate of drug-likeness (QED) is 0.748. The molecule has 1 aliphatic rings. The number of hydrazine groups is 1. The molecule has 1 aliphatic heterocycles. The highest BCUT2D eigenvalue weighted by atomic mass is 19.1. The lowest BCUT2D eigenvalue weighted by atomic mass is 10.00. The lowest BCUT2D eigenvalue weighted by Gasteiger charge is -2.10. The first-order valence-electron chi connectivity index (χ1n) is 5.24. The fourth-order valence-electron chi connectivity index (χ4n) is 1.95. The van der Waals surface area contributed by atoms with Gasteiger partial charge in [0.15, 0.2) is 0 Å². The second kappa shape index (κ2) is 4.77. The maximum Gasteiger partial charge on any atom is 0.304 e. The van der Waals surface area contributed by atoms with Crippen molar-refractivity contribution in [1.82, 2.24) is 10.9 Å². The summed E-state index contributed by atoms with van der Waals surface area (Å²) < 4.78 is 26.5. The van der Waals surface area contributed by atoms with E-state index in [1.54, 1.807) is 0 Å². The van der Waals surface area contributed by atoms with E-state index in [9.17, 15) is 13.6 Å². The third-order valence-electron chi connectivity index (χ3n) is 2.74. The number of benzene rings is 1. The zero-order valence-corrected chi connectivity index (χ0v) is 8.91. The molecule has 1 aromatic rings. The van der Waals surface area contributed by atoms with Crippen LogP contribution in [0.5, 0.6) is 0 Å². The minimum absolute atomic E-state index is 0.0551. The molecule has 17 heavy (non-hydrogen) atoms. The fraction of sp³-hybridized carbons (Fsp3) is 0.364. The zero-order valence-electron chi connectivity index (χ0n) is 8.91. The normalized spacial score (nSPS) is 23.9. The first kappa shape index (κ1) is 11.9. The van der Waals surface area contributed by atoms with Gasteiger partial charge in [-0.3, -0.25) is 10.2 Å². The van der Waals surface area contributed by atoms with Crippen LogP contribution < -0.4 is 10.9 Å².